The summed E-state index contributed by atoms with van der Waals surface area (Å²) in [4.78, 5) is 30.6. The van der Waals surface area contributed by atoms with E-state index in [9.17, 15) is 14.9 Å². The lowest BCUT2D eigenvalue weighted by atomic mass is 9.81. The van der Waals surface area contributed by atoms with Crippen LogP contribution in [0.15, 0.2) is 87.6 Å². The van der Waals surface area contributed by atoms with Crippen molar-refractivity contribution in [2.75, 3.05) is 16.4 Å². The van der Waals surface area contributed by atoms with Crippen LogP contribution in [0.1, 0.15) is 29.7 Å². The molecule has 1 aromatic heterocycles. The molecule has 0 fully saturated rings. The van der Waals surface area contributed by atoms with E-state index in [1.54, 1.807) is 31.2 Å². The number of carbonyl (C=O) groups is 2. The van der Waals surface area contributed by atoms with Gasteiger partial charge in [-0.2, -0.15) is 5.26 Å². The number of nitrogens with zero attached hydrogens (tertiary/aromatic N) is 2. The summed E-state index contributed by atoms with van der Waals surface area (Å²) in [7, 11) is 0. The van der Waals surface area contributed by atoms with E-state index >= 15 is 0 Å². The van der Waals surface area contributed by atoms with Crippen molar-refractivity contribution >= 4 is 40.0 Å². The van der Waals surface area contributed by atoms with Crippen molar-refractivity contribution in [2.45, 2.75) is 26.7 Å². The zero-order valence-electron chi connectivity index (χ0n) is 20.2. The Morgan fingerprint density at radius 3 is 2.50 bits per heavy atom. The monoisotopic (exact) mass is 498 g/mol. The van der Waals surface area contributed by atoms with E-state index in [1.165, 1.54) is 18.0 Å². The number of benzene rings is 2. The van der Waals surface area contributed by atoms with Crippen molar-refractivity contribution in [3.8, 4) is 6.07 Å². The minimum Gasteiger partial charge on any atom is -0.469 e. The molecule has 0 saturated heterocycles. The van der Waals surface area contributed by atoms with Gasteiger partial charge in [0.1, 0.15) is 11.7 Å². The van der Waals surface area contributed by atoms with Crippen LogP contribution in [0.3, 0.4) is 0 Å². The predicted molar refractivity (Wildman–Crippen MR) is 143 cm³/mol. The Morgan fingerprint density at radius 1 is 1.03 bits per heavy atom. The molecular weight excluding hydrogens is 472 g/mol. The smallest absolute Gasteiger partial charge is 0.254 e. The van der Waals surface area contributed by atoms with Crippen molar-refractivity contribution in [3.63, 3.8) is 0 Å². The maximum atomic E-state index is 13.3. The first-order valence-corrected chi connectivity index (χ1v) is 12.4. The number of nitrogens with one attached hydrogen (secondary N) is 2. The highest BCUT2D eigenvalue weighted by molar-refractivity contribution is 8.14. The fourth-order valence-electron chi connectivity index (χ4n) is 4.09. The van der Waals surface area contributed by atoms with Crippen LogP contribution < -0.4 is 10.6 Å². The number of furan rings is 1. The SMILES string of the molecule is CC1=C(C(=O)Nc2ccccc2)[C@@H](c2ccco2)C(C#N)C(SCC(=O)Nc2cccc(C)c2C)=N1. The summed E-state index contributed by atoms with van der Waals surface area (Å²) in [5.74, 6) is -1.41. The normalized spacial score (nSPS) is 17.2. The van der Waals surface area contributed by atoms with Gasteiger partial charge in [-0.1, -0.05) is 42.1 Å². The van der Waals surface area contributed by atoms with Gasteiger partial charge < -0.3 is 15.1 Å². The molecule has 8 heteroatoms. The molecule has 2 aromatic carbocycles. The Balaban J connectivity index is 1.59. The predicted octanol–water partition coefficient (Wildman–Crippen LogP) is 5.82. The molecule has 2 amide bonds. The average molecular weight is 499 g/mol. The molecular formula is C28H26N4O3S. The quantitative estimate of drug-likeness (QED) is 0.445. The number of hydrogen-bond donors (Lipinski definition) is 2. The third-order valence-corrected chi connectivity index (χ3v) is 7.12. The molecule has 3 aromatic rings. The summed E-state index contributed by atoms with van der Waals surface area (Å²) in [6.07, 6.45) is 1.52. The Kier molecular flexibility index (Phi) is 7.71. The summed E-state index contributed by atoms with van der Waals surface area (Å²) in [5.41, 5.74) is 4.34. The van der Waals surface area contributed by atoms with E-state index < -0.39 is 11.8 Å². The maximum Gasteiger partial charge on any atom is 0.254 e. The van der Waals surface area contributed by atoms with Crippen LogP contribution in [-0.2, 0) is 9.59 Å². The van der Waals surface area contributed by atoms with Gasteiger partial charge in [-0.15, -0.1) is 0 Å². The Bertz CT molecular complexity index is 1370. The molecule has 0 radical (unpaired) electrons. The van der Waals surface area contributed by atoms with Crippen LogP contribution in [0.4, 0.5) is 11.4 Å². The lowest BCUT2D eigenvalue weighted by Crippen LogP contribution is -2.31. The highest BCUT2D eigenvalue weighted by Crippen LogP contribution is 2.41. The first-order chi connectivity index (χ1) is 17.4. The van der Waals surface area contributed by atoms with Gasteiger partial charge in [-0.3, -0.25) is 9.59 Å². The van der Waals surface area contributed by atoms with Gasteiger partial charge in [-0.05, 0) is 62.2 Å². The highest BCUT2D eigenvalue weighted by atomic mass is 32.2. The summed E-state index contributed by atoms with van der Waals surface area (Å²) >= 11 is 1.20. The van der Waals surface area contributed by atoms with E-state index in [1.807, 2.05) is 50.2 Å². The second kappa shape index (κ2) is 11.1. The minimum absolute atomic E-state index is 0.0775. The fraction of sp³-hybridized carbons (Fsp3) is 0.214. The fourth-order valence-corrected chi connectivity index (χ4v) is 5.01. The molecule has 7 nitrogen and oxygen atoms in total. The van der Waals surface area contributed by atoms with E-state index in [-0.39, 0.29) is 17.6 Å². The second-order valence-electron chi connectivity index (χ2n) is 8.45. The lowest BCUT2D eigenvalue weighted by Gasteiger charge is -2.28. The average Bonchev–Trinajstić information content (AvgIpc) is 3.40. The molecule has 2 heterocycles. The summed E-state index contributed by atoms with van der Waals surface area (Å²) in [6, 6.07) is 20.6. The zero-order chi connectivity index (χ0) is 25.7. The van der Waals surface area contributed by atoms with Crippen molar-refractivity contribution < 1.29 is 14.0 Å². The molecule has 36 heavy (non-hydrogen) atoms. The Morgan fingerprint density at radius 2 is 1.81 bits per heavy atom. The van der Waals surface area contributed by atoms with Crippen molar-refractivity contribution in [1.82, 2.24) is 0 Å². The number of aliphatic imine (C=N–C) groups is 1. The molecule has 0 bridgehead atoms. The zero-order valence-corrected chi connectivity index (χ0v) is 21.1. The largest absolute Gasteiger partial charge is 0.469 e. The van der Waals surface area contributed by atoms with Gasteiger partial charge in [0.25, 0.3) is 5.91 Å². The van der Waals surface area contributed by atoms with Gasteiger partial charge in [0.05, 0.1) is 34.6 Å². The number of amides is 2. The number of allylic oxidation sites excluding steroid dienone is 1. The number of para-hydroxylation sites is 1. The molecule has 182 valence electrons. The molecule has 1 aliphatic heterocycles. The molecule has 0 saturated carbocycles. The van der Waals surface area contributed by atoms with E-state index in [4.69, 9.17) is 4.42 Å². The summed E-state index contributed by atoms with van der Waals surface area (Å²) in [6.45, 7) is 5.68. The molecule has 1 unspecified atom stereocenters. The van der Waals surface area contributed by atoms with Gasteiger partial charge >= 0.3 is 0 Å². The van der Waals surface area contributed by atoms with Gasteiger partial charge in [0.2, 0.25) is 5.91 Å². The number of anilines is 2. The number of hydrogen-bond acceptors (Lipinski definition) is 6. The Hall–Kier alpha value is -4.09. The van der Waals surface area contributed by atoms with Crippen LogP contribution in [0.5, 0.6) is 0 Å². The lowest BCUT2D eigenvalue weighted by molar-refractivity contribution is -0.114. The van der Waals surface area contributed by atoms with E-state index in [0.717, 1.165) is 16.8 Å². The van der Waals surface area contributed by atoms with Crippen molar-refractivity contribution in [1.29, 1.82) is 5.26 Å². The molecule has 2 atom stereocenters. The molecule has 4 rings (SSSR count). The van der Waals surface area contributed by atoms with Crippen LogP contribution in [0.25, 0.3) is 0 Å². The van der Waals surface area contributed by atoms with Crippen molar-refractivity contribution in [2.24, 2.45) is 10.9 Å². The van der Waals surface area contributed by atoms with Crippen LogP contribution in [-0.4, -0.2) is 22.6 Å². The topological polar surface area (TPSA) is 107 Å². The molecule has 2 N–H and O–H groups in total. The number of nitriles is 1. The van der Waals surface area contributed by atoms with E-state index in [0.29, 0.717) is 27.8 Å². The third-order valence-electron chi connectivity index (χ3n) is 6.07. The second-order valence-corrected chi connectivity index (χ2v) is 9.45. The number of carbonyl (C=O) groups excluding carboxylic acids is 2. The van der Waals surface area contributed by atoms with Gasteiger partial charge in [0, 0.05) is 17.1 Å². The molecule has 0 spiro atoms. The van der Waals surface area contributed by atoms with Gasteiger partial charge in [-0.25, -0.2) is 4.99 Å². The Labute approximate surface area is 214 Å². The minimum atomic E-state index is -0.783. The van der Waals surface area contributed by atoms with E-state index in [2.05, 4.69) is 21.7 Å². The van der Waals surface area contributed by atoms with Gasteiger partial charge in [0.15, 0.2) is 0 Å². The maximum absolute atomic E-state index is 13.3. The van der Waals surface area contributed by atoms with Crippen LogP contribution in [0.2, 0.25) is 0 Å². The van der Waals surface area contributed by atoms with Crippen LogP contribution >= 0.6 is 11.8 Å². The highest BCUT2D eigenvalue weighted by Gasteiger charge is 2.40. The first kappa shape index (κ1) is 25.0. The summed E-state index contributed by atoms with van der Waals surface area (Å²) < 4.78 is 5.65. The molecule has 0 aliphatic carbocycles. The third kappa shape index (κ3) is 5.42. The first-order valence-electron chi connectivity index (χ1n) is 11.5. The molecule has 1 aliphatic rings. The standard InChI is InChI=1S/C28H26N4O3S/c1-17-9-7-12-22(18(17)2)32-24(33)16-36-28-21(15-29)26(23-13-8-14-35-23)25(19(3)30-28)27(34)31-20-10-5-4-6-11-20/h4-14,21,26H,16H2,1-3H3,(H,31,34)(H,32,33)/t21?,26-/m1/s1. The number of aryl methyl sites for hydroxylation is 1. The number of thioether (sulfide) groups is 1. The van der Waals surface area contributed by atoms with Crippen LogP contribution in [0, 0.1) is 31.1 Å². The summed E-state index contributed by atoms with van der Waals surface area (Å²) in [5, 5.41) is 16.4. The number of rotatable bonds is 6. The van der Waals surface area contributed by atoms with Crippen molar-refractivity contribution in [3.05, 3.63) is 95.1 Å².